The molecule has 412 valence electrons. The fourth-order valence-electron chi connectivity index (χ4n) is 16.2. The maximum Gasteiger partial charge on any atom is 0.252 e. The van der Waals surface area contributed by atoms with Crippen LogP contribution in [-0.2, 0) is 55.3 Å². The molecule has 80 heavy (non-hydrogen) atoms. The van der Waals surface area contributed by atoms with Crippen molar-refractivity contribution in [2.24, 2.45) is 0 Å². The third-order valence-electron chi connectivity index (χ3n) is 21.9. The molecule has 0 aromatic heterocycles. The van der Waals surface area contributed by atoms with Gasteiger partial charge in [0.05, 0.1) is 5.54 Å². The fourth-order valence-corrected chi connectivity index (χ4v) is 16.2. The van der Waals surface area contributed by atoms with E-state index >= 15 is 0 Å². The van der Waals surface area contributed by atoms with Crippen LogP contribution in [0.3, 0.4) is 0 Å². The van der Waals surface area contributed by atoms with Gasteiger partial charge in [0, 0.05) is 50.9 Å². The molecule has 7 aromatic rings. The Bertz CT molecular complexity index is 3730. The SMILES string of the molecule is CC(C)(C)c1ccc(N2c3ccc(C(C)(C)C)cc3B3c4cc5c(cc4N(c4ccc6c(c4)C(C)(C)CCC6(C)C)c4cc(N6c7ccc(C(C)(C)C)cc7C7(C)CCc8ccccc8C67C)cc2c43)C(C)(C)CCC5(C)C)cc1. The van der Waals surface area contributed by atoms with Crippen LogP contribution in [0.15, 0.2) is 127 Å². The lowest BCUT2D eigenvalue weighted by atomic mass is 9.33. The van der Waals surface area contributed by atoms with Gasteiger partial charge in [0.15, 0.2) is 0 Å². The van der Waals surface area contributed by atoms with E-state index in [9.17, 15) is 0 Å². The van der Waals surface area contributed by atoms with Gasteiger partial charge in [0.2, 0.25) is 0 Å². The summed E-state index contributed by atoms with van der Waals surface area (Å²) >= 11 is 0. The largest absolute Gasteiger partial charge is 0.330 e. The van der Waals surface area contributed by atoms with Crippen molar-refractivity contribution in [1.82, 2.24) is 0 Å². The highest BCUT2D eigenvalue weighted by Crippen LogP contribution is 2.65. The number of benzene rings is 7. The summed E-state index contributed by atoms with van der Waals surface area (Å²) in [7, 11) is 0. The fraction of sp³-hybridized carbons (Fsp3) is 0.447. The summed E-state index contributed by atoms with van der Waals surface area (Å²) in [4.78, 5) is 8.29. The molecule has 3 nitrogen and oxygen atoms in total. The normalized spacial score (nSPS) is 22.5. The first-order valence-electron chi connectivity index (χ1n) is 30.7. The van der Waals surface area contributed by atoms with E-state index in [2.05, 4.69) is 274 Å². The number of anilines is 8. The van der Waals surface area contributed by atoms with Gasteiger partial charge in [0.25, 0.3) is 6.71 Å². The number of rotatable bonds is 3. The van der Waals surface area contributed by atoms with Gasteiger partial charge in [0.1, 0.15) is 0 Å². The Kier molecular flexibility index (Phi) is 11.2. The number of nitrogens with zero attached hydrogens (tertiary/aromatic N) is 3. The minimum atomic E-state index is -0.401. The van der Waals surface area contributed by atoms with Crippen LogP contribution >= 0.6 is 0 Å². The van der Waals surface area contributed by atoms with Gasteiger partial charge < -0.3 is 14.7 Å². The second-order valence-corrected chi connectivity index (χ2v) is 31.9. The second kappa shape index (κ2) is 16.8. The molecule has 3 aliphatic carbocycles. The smallest absolute Gasteiger partial charge is 0.252 e. The zero-order chi connectivity index (χ0) is 57.0. The molecule has 13 rings (SSSR count). The lowest BCUT2D eigenvalue weighted by Gasteiger charge is -2.52. The van der Waals surface area contributed by atoms with Crippen molar-refractivity contribution in [3.63, 3.8) is 0 Å². The minimum absolute atomic E-state index is 0.00555. The monoisotopic (exact) mass is 1060 g/mol. The van der Waals surface area contributed by atoms with Gasteiger partial charge in [-0.25, -0.2) is 0 Å². The summed E-state index contributed by atoms with van der Waals surface area (Å²) in [6.45, 7) is 46.5. The molecule has 7 aromatic carbocycles. The van der Waals surface area contributed by atoms with Crippen LogP contribution in [0.1, 0.15) is 219 Å². The third-order valence-corrected chi connectivity index (χ3v) is 21.9. The van der Waals surface area contributed by atoms with Gasteiger partial charge >= 0.3 is 0 Å². The van der Waals surface area contributed by atoms with E-state index in [0.717, 1.165) is 25.7 Å². The van der Waals surface area contributed by atoms with Crippen molar-refractivity contribution < 1.29 is 0 Å². The predicted molar refractivity (Wildman–Crippen MR) is 345 cm³/mol. The number of hydrogen-bond donors (Lipinski definition) is 0. The van der Waals surface area contributed by atoms with E-state index in [4.69, 9.17) is 0 Å². The molecule has 0 fully saturated rings. The van der Waals surface area contributed by atoms with Gasteiger partial charge in [-0.15, -0.1) is 0 Å². The summed E-state index contributed by atoms with van der Waals surface area (Å²) in [5.41, 5.74) is 28.4. The van der Waals surface area contributed by atoms with Gasteiger partial charge in [-0.05, 0) is 210 Å². The topological polar surface area (TPSA) is 9.72 Å². The van der Waals surface area contributed by atoms with E-state index in [1.54, 1.807) is 0 Å². The van der Waals surface area contributed by atoms with Crippen LogP contribution in [0.4, 0.5) is 45.5 Å². The number of hydrogen-bond acceptors (Lipinski definition) is 3. The minimum Gasteiger partial charge on any atom is -0.330 e. The zero-order valence-electron chi connectivity index (χ0n) is 52.3. The molecule has 0 N–H and O–H groups in total. The maximum atomic E-state index is 2.84. The van der Waals surface area contributed by atoms with Crippen LogP contribution in [0.25, 0.3) is 0 Å². The standard InChI is InChI=1S/C76H90BN3/c1-68(2,3)48-24-28-51(29-25-48)78-63-33-27-50(70(7,8)9)41-60(63)77-61-45-57-58(74(16,17)39-38-73(57,14)15)46-64(61)79(52-30-31-55-56(42-52)72(12,13)37-36-71(55,10)11)66-44-53(43-65(78)67(66)77)80-62-32-26-49(69(4,5)6)40-59(62)75(18)35-34-47-22-20-21-23-54(47)76(75,80)19/h20-33,40-46H,34-39H2,1-19H3. The molecule has 0 amide bonds. The second-order valence-electron chi connectivity index (χ2n) is 31.9. The molecule has 0 bridgehead atoms. The summed E-state index contributed by atoms with van der Waals surface area (Å²) in [5, 5.41) is 0. The summed E-state index contributed by atoms with van der Waals surface area (Å²) in [6.07, 6.45) is 6.81. The molecule has 6 aliphatic rings. The maximum absolute atomic E-state index is 2.84. The van der Waals surface area contributed by atoms with E-state index in [1.807, 2.05) is 0 Å². The molecule has 0 saturated heterocycles. The van der Waals surface area contributed by atoms with Crippen molar-refractivity contribution in [3.05, 3.63) is 183 Å². The highest BCUT2D eigenvalue weighted by molar-refractivity contribution is 7.00. The summed E-state index contributed by atoms with van der Waals surface area (Å²) < 4.78 is 0. The first kappa shape index (κ1) is 53.3. The molecular formula is C76H90BN3. The van der Waals surface area contributed by atoms with E-state index in [1.165, 1.54) is 130 Å². The van der Waals surface area contributed by atoms with Gasteiger partial charge in [-0.2, -0.15) is 0 Å². The Labute approximate surface area is 482 Å². The van der Waals surface area contributed by atoms with E-state index in [-0.39, 0.29) is 50.0 Å². The lowest BCUT2D eigenvalue weighted by molar-refractivity contribution is 0.245. The highest BCUT2D eigenvalue weighted by Gasteiger charge is 2.61. The van der Waals surface area contributed by atoms with Crippen LogP contribution in [0.5, 0.6) is 0 Å². The Balaban J connectivity index is 1.20. The summed E-state index contributed by atoms with van der Waals surface area (Å²) in [5.74, 6) is 0. The Hall–Kier alpha value is -6.00. The number of fused-ring (bicyclic) bond motifs is 11. The lowest BCUT2D eigenvalue weighted by Crippen LogP contribution is -2.62. The van der Waals surface area contributed by atoms with Crippen LogP contribution < -0.4 is 31.1 Å². The van der Waals surface area contributed by atoms with Gasteiger partial charge in [-0.1, -0.05) is 197 Å². The highest BCUT2D eigenvalue weighted by atomic mass is 15.3. The molecular weight excluding hydrogens is 966 g/mol. The molecule has 3 aliphatic heterocycles. The molecule has 0 radical (unpaired) electrons. The van der Waals surface area contributed by atoms with Crippen molar-refractivity contribution in [2.75, 3.05) is 14.7 Å². The zero-order valence-corrected chi connectivity index (χ0v) is 52.3. The van der Waals surface area contributed by atoms with E-state index < -0.39 is 5.54 Å². The Morgan fingerprint density at radius 3 is 1.45 bits per heavy atom. The molecule has 2 atom stereocenters. The van der Waals surface area contributed by atoms with Crippen LogP contribution in [-0.4, -0.2) is 6.71 Å². The quantitative estimate of drug-likeness (QED) is 0.163. The van der Waals surface area contributed by atoms with Crippen molar-refractivity contribution in [2.45, 2.75) is 219 Å². The first-order chi connectivity index (χ1) is 37.3. The third kappa shape index (κ3) is 7.57. The molecule has 2 unspecified atom stereocenters. The average molecular weight is 1060 g/mol. The van der Waals surface area contributed by atoms with Crippen molar-refractivity contribution in [3.8, 4) is 0 Å². The Morgan fingerprint density at radius 2 is 0.850 bits per heavy atom. The Morgan fingerprint density at radius 1 is 0.362 bits per heavy atom. The van der Waals surface area contributed by atoms with E-state index in [0.29, 0.717) is 0 Å². The average Bonchev–Trinajstić information content (AvgIpc) is 3.72. The number of aryl methyl sites for hydroxylation is 1. The van der Waals surface area contributed by atoms with Crippen molar-refractivity contribution >= 4 is 68.6 Å². The molecule has 0 spiro atoms. The molecule has 4 heteroatoms. The van der Waals surface area contributed by atoms with Crippen LogP contribution in [0.2, 0.25) is 0 Å². The molecule has 3 heterocycles. The molecule has 0 saturated carbocycles. The predicted octanol–water partition coefficient (Wildman–Crippen LogP) is 18.6. The van der Waals surface area contributed by atoms with Crippen molar-refractivity contribution in [1.29, 1.82) is 0 Å². The van der Waals surface area contributed by atoms with Gasteiger partial charge in [-0.3, -0.25) is 0 Å². The first-order valence-corrected chi connectivity index (χ1v) is 30.7. The summed E-state index contributed by atoms with van der Waals surface area (Å²) in [6, 6.07) is 52.6. The van der Waals surface area contributed by atoms with Crippen LogP contribution in [0, 0.1) is 0 Å².